The maximum atomic E-state index is 11.4. The van der Waals surface area contributed by atoms with Crippen molar-refractivity contribution in [3.63, 3.8) is 0 Å². The number of aryl methyl sites for hydroxylation is 2. The number of fused-ring (bicyclic) bond motifs is 1. The molecule has 0 bridgehead atoms. The number of carbonyl (C=O) groups excluding carboxylic acids is 1. The molecule has 0 unspecified atom stereocenters. The van der Waals surface area contributed by atoms with E-state index in [0.717, 1.165) is 67.7 Å². The highest BCUT2D eigenvalue weighted by molar-refractivity contribution is 5.91. The second kappa shape index (κ2) is 11.3. The van der Waals surface area contributed by atoms with Crippen molar-refractivity contribution in [3.05, 3.63) is 107 Å². The van der Waals surface area contributed by atoms with Gasteiger partial charge >= 0.3 is 0 Å². The third kappa shape index (κ3) is 5.73. The molecule has 0 aliphatic carbocycles. The number of carbonyl (C=O) groups is 1. The van der Waals surface area contributed by atoms with Gasteiger partial charge in [-0.2, -0.15) is 0 Å². The van der Waals surface area contributed by atoms with Crippen LogP contribution in [0.3, 0.4) is 0 Å². The zero-order valence-corrected chi connectivity index (χ0v) is 20.4. The van der Waals surface area contributed by atoms with Crippen molar-refractivity contribution in [2.75, 3.05) is 13.1 Å². The molecule has 1 amide bonds. The van der Waals surface area contributed by atoms with Gasteiger partial charge in [0.1, 0.15) is 5.82 Å². The highest BCUT2D eigenvalue weighted by Gasteiger charge is 2.24. The molecule has 2 heterocycles. The van der Waals surface area contributed by atoms with Crippen LogP contribution < -0.4 is 5.48 Å². The van der Waals surface area contributed by atoms with Gasteiger partial charge in [0.25, 0.3) is 5.91 Å². The van der Waals surface area contributed by atoms with Crippen LogP contribution in [0.25, 0.3) is 17.1 Å². The average Bonchev–Trinajstić information content (AvgIpc) is 3.29. The van der Waals surface area contributed by atoms with Crippen molar-refractivity contribution in [1.29, 1.82) is 0 Å². The zero-order chi connectivity index (χ0) is 24.7. The summed E-state index contributed by atoms with van der Waals surface area (Å²) in [6, 6.07) is 27.8. The van der Waals surface area contributed by atoms with Crippen molar-refractivity contribution >= 4 is 23.0 Å². The summed E-state index contributed by atoms with van der Waals surface area (Å²) in [6.07, 6.45) is 7.01. The minimum absolute atomic E-state index is 0.411. The van der Waals surface area contributed by atoms with E-state index < -0.39 is 5.91 Å². The van der Waals surface area contributed by atoms with Gasteiger partial charge in [0.05, 0.1) is 11.0 Å². The minimum Gasteiger partial charge on any atom is -0.325 e. The van der Waals surface area contributed by atoms with Crippen molar-refractivity contribution in [2.24, 2.45) is 0 Å². The molecule has 1 aliphatic rings. The molecule has 0 radical (unpaired) electrons. The summed E-state index contributed by atoms with van der Waals surface area (Å²) in [5, 5.41) is 8.75. The molecule has 1 aromatic heterocycles. The smallest absolute Gasteiger partial charge is 0.267 e. The third-order valence-electron chi connectivity index (χ3n) is 6.98. The Labute approximate surface area is 211 Å². The molecular formula is C30H32N4O2. The van der Waals surface area contributed by atoms with Gasteiger partial charge in [-0.3, -0.25) is 14.9 Å². The van der Waals surface area contributed by atoms with Gasteiger partial charge in [0.2, 0.25) is 0 Å². The Morgan fingerprint density at radius 2 is 1.64 bits per heavy atom. The number of nitrogens with one attached hydrogen (secondary N) is 1. The van der Waals surface area contributed by atoms with Gasteiger partial charge in [-0.05, 0) is 54.2 Å². The van der Waals surface area contributed by atoms with Crippen molar-refractivity contribution < 1.29 is 10.0 Å². The molecule has 6 nitrogen and oxygen atoms in total. The third-order valence-corrected chi connectivity index (χ3v) is 6.98. The van der Waals surface area contributed by atoms with Gasteiger partial charge in [-0.15, -0.1) is 0 Å². The zero-order valence-electron chi connectivity index (χ0n) is 20.4. The molecule has 6 heteroatoms. The first-order valence-electron chi connectivity index (χ1n) is 12.6. The lowest BCUT2D eigenvalue weighted by Gasteiger charge is -2.33. The van der Waals surface area contributed by atoms with E-state index in [-0.39, 0.29) is 0 Å². The topological polar surface area (TPSA) is 70.4 Å². The summed E-state index contributed by atoms with van der Waals surface area (Å²) in [6.45, 7) is 3.12. The highest BCUT2D eigenvalue weighted by atomic mass is 16.5. The normalized spacial score (nSPS) is 15.0. The molecular weight excluding hydrogens is 448 g/mol. The second-order valence-electron chi connectivity index (χ2n) is 9.43. The largest absolute Gasteiger partial charge is 0.325 e. The van der Waals surface area contributed by atoms with E-state index in [1.165, 1.54) is 17.2 Å². The summed E-state index contributed by atoms with van der Waals surface area (Å²) >= 11 is 0. The molecule has 3 aromatic carbocycles. The van der Waals surface area contributed by atoms with Gasteiger partial charge in [0, 0.05) is 38.2 Å². The fraction of sp³-hybridized carbons (Fsp3) is 0.267. The lowest BCUT2D eigenvalue weighted by Crippen LogP contribution is -2.34. The molecule has 36 heavy (non-hydrogen) atoms. The second-order valence-corrected chi connectivity index (χ2v) is 9.43. The molecule has 184 valence electrons. The summed E-state index contributed by atoms with van der Waals surface area (Å²) in [5.74, 6) is 0.566. The molecule has 0 atom stereocenters. The Bertz CT molecular complexity index is 1320. The number of aromatic nitrogens is 2. The van der Waals surface area contributed by atoms with Crippen LogP contribution >= 0.6 is 0 Å². The number of likely N-dealkylation sites (tertiary alicyclic amines) is 1. The maximum absolute atomic E-state index is 11.4. The molecule has 1 aliphatic heterocycles. The fourth-order valence-corrected chi connectivity index (χ4v) is 5.14. The number of piperidine rings is 1. The first-order valence-corrected chi connectivity index (χ1v) is 12.6. The fourth-order valence-electron chi connectivity index (χ4n) is 5.14. The number of nitrogens with zero attached hydrogens (tertiary/aromatic N) is 3. The van der Waals surface area contributed by atoms with E-state index in [1.807, 2.05) is 18.2 Å². The maximum Gasteiger partial charge on any atom is 0.267 e. The standard InChI is InChI=1S/C30H32N4O2/c35-30(32-36)16-13-24-11-14-28-27(21-24)31-29(15-12-23-7-3-1-4-8-23)34(28)26-17-19-33(20-18-26)22-25-9-5-2-6-10-25/h1-11,13-14,16,21,26,36H,12,15,17-20,22H2,(H,32,35)/b16-13+. The van der Waals surface area contributed by atoms with E-state index in [9.17, 15) is 4.79 Å². The number of imidazole rings is 1. The summed E-state index contributed by atoms with van der Waals surface area (Å²) in [4.78, 5) is 19.0. The Morgan fingerprint density at radius 1 is 0.944 bits per heavy atom. The van der Waals surface area contributed by atoms with Gasteiger partial charge in [-0.25, -0.2) is 10.5 Å². The van der Waals surface area contributed by atoms with Crippen LogP contribution in [0.4, 0.5) is 0 Å². The first-order chi connectivity index (χ1) is 17.7. The highest BCUT2D eigenvalue weighted by Crippen LogP contribution is 2.31. The predicted octanol–water partition coefficient (Wildman–Crippen LogP) is 5.18. The van der Waals surface area contributed by atoms with Crippen LogP contribution in [0.2, 0.25) is 0 Å². The van der Waals surface area contributed by atoms with Crippen molar-refractivity contribution in [1.82, 2.24) is 19.9 Å². The molecule has 2 N–H and O–H groups in total. The monoisotopic (exact) mass is 480 g/mol. The Hall–Kier alpha value is -3.74. The molecule has 0 saturated carbocycles. The van der Waals surface area contributed by atoms with Crippen molar-refractivity contribution in [2.45, 2.75) is 38.3 Å². The van der Waals surface area contributed by atoms with Gasteiger partial charge in [0.15, 0.2) is 0 Å². The van der Waals surface area contributed by atoms with Crippen LogP contribution in [-0.4, -0.2) is 38.7 Å². The molecule has 0 spiro atoms. The quantitative estimate of drug-likeness (QED) is 0.207. The molecule has 1 saturated heterocycles. The molecule has 1 fully saturated rings. The number of hydroxylamine groups is 1. The van der Waals surface area contributed by atoms with Gasteiger partial charge < -0.3 is 4.57 Å². The number of benzene rings is 3. The van der Waals surface area contributed by atoms with E-state index in [1.54, 1.807) is 11.6 Å². The Kier molecular flexibility index (Phi) is 7.55. The van der Waals surface area contributed by atoms with Gasteiger partial charge in [-0.1, -0.05) is 66.7 Å². The van der Waals surface area contributed by atoms with E-state index in [4.69, 9.17) is 10.2 Å². The Balaban J connectivity index is 1.38. The lowest BCUT2D eigenvalue weighted by atomic mass is 10.0. The van der Waals surface area contributed by atoms with Crippen LogP contribution in [0.15, 0.2) is 84.9 Å². The average molecular weight is 481 g/mol. The summed E-state index contributed by atoms with van der Waals surface area (Å²) < 4.78 is 2.46. The number of amides is 1. The van der Waals surface area contributed by atoms with Crippen LogP contribution in [0.5, 0.6) is 0 Å². The van der Waals surface area contributed by atoms with E-state index in [0.29, 0.717) is 6.04 Å². The van der Waals surface area contributed by atoms with E-state index >= 15 is 0 Å². The lowest BCUT2D eigenvalue weighted by molar-refractivity contribution is -0.124. The van der Waals surface area contributed by atoms with E-state index in [2.05, 4.69) is 70.1 Å². The number of hydrogen-bond acceptors (Lipinski definition) is 4. The minimum atomic E-state index is -0.550. The SMILES string of the molecule is O=C(/C=C/c1ccc2c(c1)nc(CCc1ccccc1)n2C1CCN(Cc2ccccc2)CC1)NO. The predicted molar refractivity (Wildman–Crippen MR) is 143 cm³/mol. The number of hydrogen-bond donors (Lipinski definition) is 2. The van der Waals surface area contributed by atoms with Crippen LogP contribution in [-0.2, 0) is 24.2 Å². The summed E-state index contributed by atoms with van der Waals surface area (Å²) in [7, 11) is 0. The van der Waals surface area contributed by atoms with Crippen LogP contribution in [0.1, 0.15) is 41.4 Å². The van der Waals surface area contributed by atoms with Crippen LogP contribution in [0, 0.1) is 0 Å². The first kappa shape index (κ1) is 24.0. The Morgan fingerprint density at radius 3 is 2.33 bits per heavy atom. The van der Waals surface area contributed by atoms with Crippen molar-refractivity contribution in [3.8, 4) is 0 Å². The molecule has 4 aromatic rings. The molecule has 5 rings (SSSR count). The summed E-state index contributed by atoms with van der Waals surface area (Å²) in [5.41, 5.74) is 7.27. The number of rotatable bonds is 8.